The van der Waals surface area contributed by atoms with Gasteiger partial charge in [-0.1, -0.05) is 12.1 Å². The maximum Gasteiger partial charge on any atom is 0.193 e. The van der Waals surface area contributed by atoms with Crippen LogP contribution in [0, 0.1) is 6.92 Å². The molecule has 0 amide bonds. The van der Waals surface area contributed by atoms with Crippen LogP contribution in [-0.4, -0.2) is 69.5 Å². The van der Waals surface area contributed by atoms with Crippen LogP contribution in [0.4, 0.5) is 5.69 Å². The molecule has 1 fully saturated rings. The maximum atomic E-state index is 12.2. The fourth-order valence-electron chi connectivity index (χ4n) is 2.94. The Bertz CT molecular complexity index is 736. The minimum absolute atomic E-state index is 0. The van der Waals surface area contributed by atoms with Gasteiger partial charge in [-0.05, 0) is 45.4 Å². The first-order valence-electron chi connectivity index (χ1n) is 9.13. The van der Waals surface area contributed by atoms with Crippen LogP contribution < -0.4 is 10.2 Å². The zero-order chi connectivity index (χ0) is 19.4. The lowest BCUT2D eigenvalue weighted by Gasteiger charge is -2.37. The smallest absolute Gasteiger partial charge is 0.193 e. The highest BCUT2D eigenvalue weighted by atomic mass is 127. The first kappa shape index (κ1) is 24.0. The van der Waals surface area contributed by atoms with Crippen LogP contribution in [0.25, 0.3) is 0 Å². The van der Waals surface area contributed by atoms with Crippen LogP contribution >= 0.6 is 24.0 Å². The number of aryl methyl sites for hydroxylation is 1. The normalized spacial score (nSPS) is 16.1. The average molecular weight is 508 g/mol. The Labute approximate surface area is 181 Å². The van der Waals surface area contributed by atoms with E-state index < -0.39 is 14.6 Å². The van der Waals surface area contributed by atoms with Crippen molar-refractivity contribution in [3.8, 4) is 0 Å². The molecule has 1 aliphatic rings. The van der Waals surface area contributed by atoms with Crippen molar-refractivity contribution < 1.29 is 8.42 Å². The first-order valence-corrected chi connectivity index (χ1v) is 10.8. The molecule has 0 saturated carbocycles. The Hall–Kier alpha value is -1.03. The van der Waals surface area contributed by atoms with E-state index in [0.717, 1.165) is 32.1 Å². The molecule has 1 aromatic rings. The molecule has 0 atom stereocenters. The summed E-state index contributed by atoms with van der Waals surface area (Å²) >= 11 is 0. The van der Waals surface area contributed by atoms with Crippen LogP contribution in [0.1, 0.15) is 26.3 Å². The molecule has 0 aliphatic carbocycles. The zero-order valence-corrected chi connectivity index (χ0v) is 20.2. The van der Waals surface area contributed by atoms with E-state index in [1.165, 1.54) is 11.3 Å². The molecular formula is C19H33IN4O2S. The van der Waals surface area contributed by atoms with E-state index in [4.69, 9.17) is 0 Å². The predicted octanol–water partition coefficient (Wildman–Crippen LogP) is 2.52. The van der Waals surface area contributed by atoms with Crippen LogP contribution in [0.2, 0.25) is 0 Å². The number of nitrogens with zero attached hydrogens (tertiary/aromatic N) is 3. The highest BCUT2D eigenvalue weighted by Gasteiger charge is 2.28. The number of hydrogen-bond donors (Lipinski definition) is 1. The molecule has 1 aromatic carbocycles. The van der Waals surface area contributed by atoms with Gasteiger partial charge in [0.2, 0.25) is 0 Å². The molecule has 6 nitrogen and oxygen atoms in total. The van der Waals surface area contributed by atoms with E-state index in [1.807, 2.05) is 0 Å². The predicted molar refractivity (Wildman–Crippen MR) is 125 cm³/mol. The highest BCUT2D eigenvalue weighted by molar-refractivity contribution is 14.0. The number of rotatable bonds is 4. The standard InChI is InChI=1S/C19H32N4O2S.HI/c1-16-7-6-8-17(15-16)22-10-12-23(13-11-22)18(20-5)21-9-14-26(24,25)19(2,3)4;/h6-8,15H,9-14H2,1-5H3,(H,20,21);1H. The summed E-state index contributed by atoms with van der Waals surface area (Å²) in [6.45, 7) is 11.3. The Morgan fingerprint density at radius 2 is 1.81 bits per heavy atom. The van der Waals surface area contributed by atoms with Crippen molar-refractivity contribution in [1.82, 2.24) is 10.2 Å². The van der Waals surface area contributed by atoms with Crippen molar-refractivity contribution in [3.63, 3.8) is 0 Å². The zero-order valence-electron chi connectivity index (χ0n) is 17.0. The fraction of sp³-hybridized carbons (Fsp3) is 0.632. The topological polar surface area (TPSA) is 65.0 Å². The van der Waals surface area contributed by atoms with Gasteiger partial charge in [-0.25, -0.2) is 8.42 Å². The molecule has 0 aromatic heterocycles. The summed E-state index contributed by atoms with van der Waals surface area (Å²) in [6, 6.07) is 8.55. The molecule has 1 heterocycles. The number of nitrogens with one attached hydrogen (secondary N) is 1. The van der Waals surface area contributed by atoms with Gasteiger partial charge in [-0.3, -0.25) is 4.99 Å². The number of guanidine groups is 1. The Kier molecular flexibility index (Phi) is 8.85. The minimum atomic E-state index is -3.13. The third-order valence-corrected chi connectivity index (χ3v) is 7.35. The van der Waals surface area contributed by atoms with Gasteiger partial charge in [0.05, 0.1) is 10.5 Å². The SMILES string of the molecule is CN=C(NCCS(=O)(=O)C(C)(C)C)N1CCN(c2cccc(C)c2)CC1.I. The Balaban J connectivity index is 0.00000364. The first-order chi connectivity index (χ1) is 12.1. The van der Waals surface area contributed by atoms with E-state index >= 15 is 0 Å². The largest absolute Gasteiger partial charge is 0.368 e. The summed E-state index contributed by atoms with van der Waals surface area (Å²) in [7, 11) is -1.38. The molecule has 0 unspecified atom stereocenters. The maximum absolute atomic E-state index is 12.2. The third kappa shape index (κ3) is 6.51. The number of piperazine rings is 1. The van der Waals surface area contributed by atoms with E-state index in [1.54, 1.807) is 27.8 Å². The van der Waals surface area contributed by atoms with Gasteiger partial charge >= 0.3 is 0 Å². The molecule has 2 rings (SSSR count). The second-order valence-electron chi connectivity index (χ2n) is 7.72. The van der Waals surface area contributed by atoms with Gasteiger partial charge in [0.15, 0.2) is 15.8 Å². The monoisotopic (exact) mass is 508 g/mol. The molecule has 154 valence electrons. The number of benzene rings is 1. The van der Waals surface area contributed by atoms with Crippen molar-refractivity contribution in [3.05, 3.63) is 29.8 Å². The summed E-state index contributed by atoms with van der Waals surface area (Å²) < 4.78 is 23.7. The number of hydrogen-bond acceptors (Lipinski definition) is 4. The summed E-state index contributed by atoms with van der Waals surface area (Å²) in [5.74, 6) is 0.886. The van der Waals surface area contributed by atoms with Gasteiger partial charge in [-0.2, -0.15) is 0 Å². The van der Waals surface area contributed by atoms with E-state index in [0.29, 0.717) is 6.54 Å². The average Bonchev–Trinajstić information content (AvgIpc) is 2.58. The number of aliphatic imine (C=N–C) groups is 1. The molecule has 1 aliphatic heterocycles. The van der Waals surface area contributed by atoms with Crippen molar-refractivity contribution in [2.45, 2.75) is 32.4 Å². The van der Waals surface area contributed by atoms with Gasteiger partial charge in [-0.15, -0.1) is 24.0 Å². The molecule has 27 heavy (non-hydrogen) atoms. The molecule has 0 spiro atoms. The number of halogens is 1. The third-order valence-electron chi connectivity index (χ3n) is 4.74. The van der Waals surface area contributed by atoms with Crippen LogP contribution in [0.5, 0.6) is 0 Å². The number of sulfone groups is 1. The van der Waals surface area contributed by atoms with Crippen molar-refractivity contribution in [2.24, 2.45) is 4.99 Å². The Morgan fingerprint density at radius 1 is 1.19 bits per heavy atom. The van der Waals surface area contributed by atoms with Gasteiger partial charge in [0.25, 0.3) is 0 Å². The van der Waals surface area contributed by atoms with Gasteiger partial charge in [0.1, 0.15) is 0 Å². The summed E-state index contributed by atoms with van der Waals surface area (Å²) in [6.07, 6.45) is 0. The van der Waals surface area contributed by atoms with Crippen molar-refractivity contribution in [2.75, 3.05) is 50.4 Å². The molecule has 1 saturated heterocycles. The van der Waals surface area contributed by atoms with Crippen LogP contribution in [0.3, 0.4) is 0 Å². The summed E-state index contributed by atoms with van der Waals surface area (Å²) in [5, 5.41) is 3.21. The van der Waals surface area contributed by atoms with Gasteiger partial charge in [0, 0.05) is 45.5 Å². The van der Waals surface area contributed by atoms with E-state index in [-0.39, 0.29) is 29.7 Å². The highest BCUT2D eigenvalue weighted by Crippen LogP contribution is 2.18. The Morgan fingerprint density at radius 3 is 2.33 bits per heavy atom. The van der Waals surface area contributed by atoms with E-state index in [9.17, 15) is 8.42 Å². The quantitative estimate of drug-likeness (QED) is 0.385. The van der Waals surface area contributed by atoms with Crippen LogP contribution in [-0.2, 0) is 9.84 Å². The lowest BCUT2D eigenvalue weighted by atomic mass is 10.2. The lowest BCUT2D eigenvalue weighted by molar-refractivity contribution is 0.373. The van der Waals surface area contributed by atoms with Crippen LogP contribution in [0.15, 0.2) is 29.3 Å². The lowest BCUT2D eigenvalue weighted by Crippen LogP contribution is -2.53. The minimum Gasteiger partial charge on any atom is -0.368 e. The molecule has 8 heteroatoms. The molecule has 0 radical (unpaired) electrons. The second-order valence-corrected chi connectivity index (χ2v) is 10.6. The molecule has 1 N–H and O–H groups in total. The van der Waals surface area contributed by atoms with E-state index in [2.05, 4.69) is 51.3 Å². The van der Waals surface area contributed by atoms with Crippen molar-refractivity contribution in [1.29, 1.82) is 0 Å². The number of anilines is 1. The summed E-state index contributed by atoms with van der Waals surface area (Å²) in [5.41, 5.74) is 2.52. The second kappa shape index (κ2) is 9.95. The molecule has 0 bridgehead atoms. The summed E-state index contributed by atoms with van der Waals surface area (Å²) in [4.78, 5) is 8.89. The molecular weight excluding hydrogens is 475 g/mol. The van der Waals surface area contributed by atoms with Gasteiger partial charge < -0.3 is 15.1 Å². The van der Waals surface area contributed by atoms with Crippen molar-refractivity contribution >= 4 is 45.5 Å². The fourth-order valence-corrected chi connectivity index (χ4v) is 3.92.